The minimum Gasteiger partial charge on any atom is -0.278 e. The largest absolute Gasteiger partial charge is 0.278 e. The Morgan fingerprint density at radius 3 is 1.94 bits per heavy atom. The Balaban J connectivity index is 1.26. The summed E-state index contributed by atoms with van der Waals surface area (Å²) in [4.78, 5) is 12.1. The van der Waals surface area contributed by atoms with Crippen LogP contribution in [0.15, 0.2) is 162 Å². The molecule has 8 aromatic rings. The molecule has 0 amide bonds. The number of hydrogen-bond donors (Lipinski definition) is 0. The van der Waals surface area contributed by atoms with E-state index < -0.39 is 5.41 Å². The van der Waals surface area contributed by atoms with E-state index in [4.69, 9.17) is 4.98 Å². The fourth-order valence-corrected chi connectivity index (χ4v) is 9.03. The van der Waals surface area contributed by atoms with E-state index in [0.717, 1.165) is 27.8 Å². The summed E-state index contributed by atoms with van der Waals surface area (Å²) in [5, 5.41) is 2.28. The van der Waals surface area contributed by atoms with E-state index >= 15 is 0 Å². The number of benzene rings is 5. The minimum atomic E-state index is -0.479. The number of nitrogens with zero attached hydrogens (tertiary/aromatic N) is 3. The van der Waals surface area contributed by atoms with Gasteiger partial charge in [0.2, 0.25) is 0 Å². The molecule has 10 rings (SSSR count). The van der Waals surface area contributed by atoms with Crippen LogP contribution in [-0.2, 0) is 5.41 Å². The lowest BCUT2D eigenvalue weighted by Gasteiger charge is -2.42. The van der Waals surface area contributed by atoms with Crippen LogP contribution in [0.4, 0.5) is 0 Å². The van der Waals surface area contributed by atoms with Gasteiger partial charge in [-0.1, -0.05) is 109 Å². The van der Waals surface area contributed by atoms with Gasteiger partial charge in [0, 0.05) is 33.0 Å². The first-order valence-electron chi connectivity index (χ1n) is 15.9. The zero-order valence-corrected chi connectivity index (χ0v) is 26.2. The van der Waals surface area contributed by atoms with Gasteiger partial charge in [-0.25, -0.2) is 9.97 Å². The molecule has 220 valence electrons. The first kappa shape index (κ1) is 26.5. The molecular formula is C43H27N3S. The monoisotopic (exact) mass is 617 g/mol. The molecule has 0 radical (unpaired) electrons. The molecule has 0 unspecified atom stereocenters. The van der Waals surface area contributed by atoms with Gasteiger partial charge in [0.25, 0.3) is 0 Å². The molecule has 2 aliphatic rings. The second-order valence-corrected chi connectivity index (χ2v) is 13.3. The topological polar surface area (TPSA) is 30.7 Å². The molecule has 3 aromatic heterocycles. The minimum absolute atomic E-state index is 0.479. The third-order valence-electron chi connectivity index (χ3n) is 9.80. The second kappa shape index (κ2) is 10.1. The highest BCUT2D eigenvalue weighted by Gasteiger charge is 2.46. The Kier molecular flexibility index (Phi) is 5.72. The van der Waals surface area contributed by atoms with Crippen LogP contribution in [0.3, 0.4) is 0 Å². The predicted molar refractivity (Wildman–Crippen MR) is 193 cm³/mol. The van der Waals surface area contributed by atoms with Crippen LogP contribution in [0.5, 0.6) is 0 Å². The van der Waals surface area contributed by atoms with Gasteiger partial charge in [-0.3, -0.25) is 4.57 Å². The molecular weight excluding hydrogens is 591 g/mol. The Bertz CT molecular complexity index is 2520. The average Bonchev–Trinajstić information content (AvgIpc) is 3.39. The lowest BCUT2D eigenvalue weighted by molar-refractivity contribution is 0.701. The summed E-state index contributed by atoms with van der Waals surface area (Å²) in [5.74, 6) is 0.865. The summed E-state index contributed by atoms with van der Waals surface area (Å²) in [7, 11) is 0. The molecule has 5 aromatic carbocycles. The number of aromatic nitrogens is 3. The molecule has 4 heteroatoms. The van der Waals surface area contributed by atoms with Gasteiger partial charge in [-0.05, 0) is 99.1 Å². The molecule has 0 N–H and O–H groups in total. The third-order valence-corrected chi connectivity index (χ3v) is 11.0. The maximum Gasteiger partial charge on any atom is 0.146 e. The normalized spacial score (nSPS) is 14.0. The predicted octanol–water partition coefficient (Wildman–Crippen LogP) is 10.6. The summed E-state index contributed by atoms with van der Waals surface area (Å²) in [6, 6.07) is 50.9. The van der Waals surface area contributed by atoms with Crippen LogP contribution in [-0.4, -0.2) is 14.5 Å². The van der Waals surface area contributed by atoms with Crippen molar-refractivity contribution in [3.8, 4) is 16.9 Å². The lowest BCUT2D eigenvalue weighted by atomic mass is 9.63. The summed E-state index contributed by atoms with van der Waals surface area (Å²) >= 11 is 1.88. The molecule has 1 aliphatic carbocycles. The highest BCUT2D eigenvalue weighted by molar-refractivity contribution is 7.99. The van der Waals surface area contributed by atoms with Gasteiger partial charge in [-0.15, -0.1) is 0 Å². The third kappa shape index (κ3) is 3.76. The zero-order valence-electron chi connectivity index (χ0n) is 25.3. The Morgan fingerprint density at radius 1 is 0.489 bits per heavy atom. The quantitative estimate of drug-likeness (QED) is 0.193. The van der Waals surface area contributed by atoms with Gasteiger partial charge in [0.15, 0.2) is 0 Å². The van der Waals surface area contributed by atoms with E-state index in [9.17, 15) is 0 Å². The molecule has 3 nitrogen and oxygen atoms in total. The van der Waals surface area contributed by atoms with Crippen LogP contribution in [0.25, 0.3) is 51.0 Å². The Labute approximate surface area is 276 Å². The van der Waals surface area contributed by atoms with Crippen molar-refractivity contribution in [3.05, 3.63) is 185 Å². The molecule has 0 saturated heterocycles. The van der Waals surface area contributed by atoms with Gasteiger partial charge in [0.1, 0.15) is 11.5 Å². The fraction of sp³-hybridized carbons (Fsp3) is 0.0233. The lowest BCUT2D eigenvalue weighted by Crippen LogP contribution is -2.35. The van der Waals surface area contributed by atoms with Gasteiger partial charge < -0.3 is 0 Å². The van der Waals surface area contributed by atoms with E-state index in [-0.39, 0.29) is 0 Å². The highest BCUT2D eigenvalue weighted by Crippen LogP contribution is 2.58. The number of hydrogen-bond acceptors (Lipinski definition) is 3. The van der Waals surface area contributed by atoms with Crippen molar-refractivity contribution < 1.29 is 0 Å². The summed E-state index contributed by atoms with van der Waals surface area (Å²) in [5.41, 5.74) is 11.6. The zero-order chi connectivity index (χ0) is 31.0. The van der Waals surface area contributed by atoms with Crippen molar-refractivity contribution in [1.82, 2.24) is 14.5 Å². The van der Waals surface area contributed by atoms with Gasteiger partial charge >= 0.3 is 0 Å². The highest BCUT2D eigenvalue weighted by atomic mass is 32.2. The van der Waals surface area contributed by atoms with Crippen molar-refractivity contribution in [3.63, 3.8) is 0 Å². The molecule has 0 bridgehead atoms. The van der Waals surface area contributed by atoms with E-state index in [1.165, 1.54) is 54.3 Å². The van der Waals surface area contributed by atoms with Crippen molar-refractivity contribution in [2.24, 2.45) is 0 Å². The Morgan fingerprint density at radius 2 is 1.15 bits per heavy atom. The smallest absolute Gasteiger partial charge is 0.146 e. The standard InChI is InChI=1S/C43H27N3S/c1-2-12-34-28(10-1)18-19-29-20-21-31(27-37(29)43(34)35-13-3-5-15-39(35)47-40-16-6-4-14-36(40)43)30-22-23-38-33(26-30)32-11-9-25-45-42(32)46(38)41-17-7-8-24-44-41/h1-27H. The first-order chi connectivity index (χ1) is 23.3. The van der Waals surface area contributed by atoms with Crippen molar-refractivity contribution in [2.45, 2.75) is 15.2 Å². The van der Waals surface area contributed by atoms with Crippen molar-refractivity contribution in [1.29, 1.82) is 0 Å². The second-order valence-electron chi connectivity index (χ2n) is 12.2. The fourth-order valence-electron chi connectivity index (χ4n) is 7.83. The van der Waals surface area contributed by atoms with Crippen LogP contribution in [0.2, 0.25) is 0 Å². The van der Waals surface area contributed by atoms with Crippen LogP contribution >= 0.6 is 11.8 Å². The molecule has 0 saturated carbocycles. The average molecular weight is 618 g/mol. The van der Waals surface area contributed by atoms with E-state index in [0.29, 0.717) is 0 Å². The molecule has 1 aliphatic heterocycles. The van der Waals surface area contributed by atoms with E-state index in [2.05, 4.69) is 137 Å². The summed E-state index contributed by atoms with van der Waals surface area (Å²) < 4.78 is 2.16. The van der Waals surface area contributed by atoms with Crippen LogP contribution in [0.1, 0.15) is 33.4 Å². The van der Waals surface area contributed by atoms with Crippen LogP contribution in [0, 0.1) is 0 Å². The summed E-state index contributed by atoms with van der Waals surface area (Å²) in [6.45, 7) is 0. The maximum atomic E-state index is 4.80. The van der Waals surface area contributed by atoms with E-state index in [1.807, 2.05) is 48.4 Å². The Hall–Kier alpha value is -5.71. The molecule has 0 atom stereocenters. The molecule has 0 fully saturated rings. The molecule has 1 spiro atoms. The van der Waals surface area contributed by atoms with Crippen molar-refractivity contribution >= 4 is 45.9 Å². The maximum absolute atomic E-state index is 4.80. The van der Waals surface area contributed by atoms with Gasteiger partial charge in [0.05, 0.1) is 10.9 Å². The SMILES string of the molecule is C1=Cc2ccc(-c3ccc4c(c3)c3cccnc3n4-c3ccccn3)cc2C2(c3ccccc31)c1ccccc1Sc1ccccc12. The molecule has 47 heavy (non-hydrogen) atoms. The molecule has 4 heterocycles. The first-order valence-corrected chi connectivity index (χ1v) is 16.7. The summed E-state index contributed by atoms with van der Waals surface area (Å²) in [6.07, 6.45) is 8.29. The van der Waals surface area contributed by atoms with Crippen LogP contribution < -0.4 is 0 Å². The van der Waals surface area contributed by atoms with Gasteiger partial charge in [-0.2, -0.15) is 0 Å². The van der Waals surface area contributed by atoms with E-state index in [1.54, 1.807) is 0 Å². The number of fused-ring (bicyclic) bond motifs is 11. The number of rotatable bonds is 2. The number of pyridine rings is 2. The van der Waals surface area contributed by atoms with Crippen molar-refractivity contribution in [2.75, 3.05) is 0 Å².